The Hall–Kier alpha value is -1.76. The zero-order valence-electron chi connectivity index (χ0n) is 18.2. The van der Waals surface area contributed by atoms with E-state index in [1.165, 1.54) is 22.5 Å². The molecular weight excluding hydrogens is 394 g/mol. The molecule has 0 N–H and O–H groups in total. The van der Waals surface area contributed by atoms with Gasteiger partial charge < -0.3 is 9.64 Å². The van der Waals surface area contributed by atoms with Gasteiger partial charge in [-0.3, -0.25) is 9.69 Å². The Labute approximate surface area is 184 Å². The van der Waals surface area contributed by atoms with E-state index in [1.807, 2.05) is 6.92 Å². The fraction of sp³-hybridized carbons (Fsp3) is 0.583. The second-order valence-electron chi connectivity index (χ2n) is 8.76. The zero-order chi connectivity index (χ0) is 20.9. The van der Waals surface area contributed by atoms with Crippen LogP contribution in [0.1, 0.15) is 52.2 Å². The molecule has 2 aliphatic heterocycles. The first-order chi connectivity index (χ1) is 14.6. The van der Waals surface area contributed by atoms with Gasteiger partial charge in [-0.05, 0) is 69.7 Å². The number of aromatic nitrogens is 1. The van der Waals surface area contributed by atoms with Gasteiger partial charge in [0.1, 0.15) is 4.88 Å². The Kier molecular flexibility index (Phi) is 7.18. The smallest absolute Gasteiger partial charge is 0.265 e. The number of piperidine rings is 1. The van der Waals surface area contributed by atoms with E-state index in [-0.39, 0.29) is 12.0 Å². The number of likely N-dealkylation sites (tertiary alicyclic amines) is 1. The van der Waals surface area contributed by atoms with Crippen molar-refractivity contribution in [2.24, 2.45) is 5.92 Å². The molecule has 0 aliphatic carbocycles. The zero-order valence-corrected chi connectivity index (χ0v) is 19.0. The standard InChI is InChI=1S/C24H33N3O2S/c1-18-6-3-4-7-21(18)15-26-11-9-20(10-12-26)14-27(16-22-8-5-13-29-22)24(28)23-19(2)25-17-30-23/h3-4,6-7,17,20,22H,5,8-16H2,1-2H3/t22-/m1/s1. The topological polar surface area (TPSA) is 45.7 Å². The Morgan fingerprint density at radius 1 is 1.20 bits per heavy atom. The van der Waals surface area contributed by atoms with Crippen LogP contribution in [0.5, 0.6) is 0 Å². The molecule has 0 bridgehead atoms. The number of rotatable bonds is 7. The normalized spacial score (nSPS) is 20.5. The van der Waals surface area contributed by atoms with E-state index in [9.17, 15) is 4.79 Å². The number of ether oxygens (including phenoxy) is 1. The van der Waals surface area contributed by atoms with Crippen LogP contribution in [0.15, 0.2) is 29.8 Å². The highest BCUT2D eigenvalue weighted by Gasteiger charge is 2.29. The second-order valence-corrected chi connectivity index (χ2v) is 9.61. The molecule has 0 unspecified atom stereocenters. The van der Waals surface area contributed by atoms with Crippen LogP contribution in [0, 0.1) is 19.8 Å². The molecule has 4 rings (SSSR count). The fourth-order valence-corrected chi connectivity index (χ4v) is 5.36. The maximum absolute atomic E-state index is 13.3. The van der Waals surface area contributed by atoms with E-state index in [0.29, 0.717) is 12.5 Å². The summed E-state index contributed by atoms with van der Waals surface area (Å²) in [6.07, 6.45) is 4.62. The van der Waals surface area contributed by atoms with Gasteiger partial charge in [-0.25, -0.2) is 4.98 Å². The van der Waals surface area contributed by atoms with Crippen molar-refractivity contribution in [2.75, 3.05) is 32.8 Å². The fourth-order valence-electron chi connectivity index (χ4n) is 4.59. The Morgan fingerprint density at radius 2 is 2.00 bits per heavy atom. The van der Waals surface area contributed by atoms with Gasteiger partial charge in [-0.1, -0.05) is 24.3 Å². The van der Waals surface area contributed by atoms with Gasteiger partial charge in [-0.15, -0.1) is 11.3 Å². The quantitative estimate of drug-likeness (QED) is 0.661. The predicted molar refractivity (Wildman–Crippen MR) is 121 cm³/mol. The summed E-state index contributed by atoms with van der Waals surface area (Å²) >= 11 is 1.46. The molecule has 0 radical (unpaired) electrons. The third-order valence-corrected chi connectivity index (χ3v) is 7.43. The number of aryl methyl sites for hydroxylation is 2. The lowest BCUT2D eigenvalue weighted by Crippen LogP contribution is -2.43. The van der Waals surface area contributed by atoms with Crippen molar-refractivity contribution >= 4 is 17.2 Å². The number of hydrogen-bond donors (Lipinski definition) is 0. The van der Waals surface area contributed by atoms with Crippen molar-refractivity contribution in [1.82, 2.24) is 14.8 Å². The van der Waals surface area contributed by atoms with E-state index in [0.717, 1.165) is 69.0 Å². The Balaban J connectivity index is 1.35. The van der Waals surface area contributed by atoms with Crippen LogP contribution >= 0.6 is 11.3 Å². The van der Waals surface area contributed by atoms with E-state index in [1.54, 1.807) is 5.51 Å². The van der Waals surface area contributed by atoms with Gasteiger partial charge in [0.25, 0.3) is 5.91 Å². The first-order valence-corrected chi connectivity index (χ1v) is 12.1. The Bertz CT molecular complexity index is 838. The van der Waals surface area contributed by atoms with Gasteiger partial charge in [0, 0.05) is 26.2 Å². The van der Waals surface area contributed by atoms with Crippen LogP contribution in [0.4, 0.5) is 0 Å². The number of carbonyl (C=O) groups excluding carboxylic acids is 1. The lowest BCUT2D eigenvalue weighted by Gasteiger charge is -2.35. The SMILES string of the molecule is Cc1ccccc1CN1CCC(CN(C[C@H]2CCCO2)C(=O)c2scnc2C)CC1. The highest BCUT2D eigenvalue weighted by Crippen LogP contribution is 2.24. The molecule has 162 valence electrons. The number of benzene rings is 1. The number of carbonyl (C=O) groups is 1. The summed E-state index contributed by atoms with van der Waals surface area (Å²) < 4.78 is 5.85. The molecule has 0 saturated carbocycles. The summed E-state index contributed by atoms with van der Waals surface area (Å²) in [5.41, 5.74) is 5.41. The number of amides is 1. The van der Waals surface area contributed by atoms with Crippen LogP contribution < -0.4 is 0 Å². The van der Waals surface area contributed by atoms with Gasteiger partial charge in [0.15, 0.2) is 0 Å². The van der Waals surface area contributed by atoms with Crippen molar-refractivity contribution in [1.29, 1.82) is 0 Å². The summed E-state index contributed by atoms with van der Waals surface area (Å²) in [6.45, 7) is 9.70. The van der Waals surface area contributed by atoms with E-state index < -0.39 is 0 Å². The average molecular weight is 428 g/mol. The molecule has 2 aliphatic rings. The molecule has 5 nitrogen and oxygen atoms in total. The van der Waals surface area contributed by atoms with Gasteiger partial charge in [0.05, 0.1) is 17.3 Å². The lowest BCUT2D eigenvalue weighted by atomic mass is 9.95. The predicted octanol–water partition coefficient (Wildman–Crippen LogP) is 4.29. The third kappa shape index (κ3) is 5.29. The molecule has 30 heavy (non-hydrogen) atoms. The minimum absolute atomic E-state index is 0.132. The molecule has 2 aromatic rings. The maximum Gasteiger partial charge on any atom is 0.265 e. The number of hydrogen-bond acceptors (Lipinski definition) is 5. The van der Waals surface area contributed by atoms with Gasteiger partial charge in [0.2, 0.25) is 0 Å². The molecular formula is C24H33N3O2S. The monoisotopic (exact) mass is 427 g/mol. The highest BCUT2D eigenvalue weighted by molar-refractivity contribution is 7.11. The van der Waals surface area contributed by atoms with Crippen molar-refractivity contribution in [2.45, 2.75) is 52.2 Å². The molecule has 0 spiro atoms. The van der Waals surface area contributed by atoms with Crippen LogP contribution in [-0.2, 0) is 11.3 Å². The maximum atomic E-state index is 13.3. The summed E-state index contributed by atoms with van der Waals surface area (Å²) in [4.78, 5) is 22.9. The highest BCUT2D eigenvalue weighted by atomic mass is 32.1. The van der Waals surface area contributed by atoms with E-state index >= 15 is 0 Å². The molecule has 1 aromatic carbocycles. The number of thiazole rings is 1. The first kappa shape index (κ1) is 21.5. The molecule has 2 fully saturated rings. The third-order valence-electron chi connectivity index (χ3n) is 6.52. The molecule has 1 aromatic heterocycles. The van der Waals surface area contributed by atoms with Crippen molar-refractivity contribution in [3.8, 4) is 0 Å². The summed E-state index contributed by atoms with van der Waals surface area (Å²) in [7, 11) is 0. The van der Waals surface area contributed by atoms with E-state index in [2.05, 4.69) is 46.0 Å². The molecule has 1 atom stereocenters. The lowest BCUT2D eigenvalue weighted by molar-refractivity contribution is 0.0447. The van der Waals surface area contributed by atoms with Crippen LogP contribution in [-0.4, -0.2) is 59.6 Å². The largest absolute Gasteiger partial charge is 0.376 e. The first-order valence-electron chi connectivity index (χ1n) is 11.2. The molecule has 1 amide bonds. The summed E-state index contributed by atoms with van der Waals surface area (Å²) in [5, 5.41) is 0. The van der Waals surface area contributed by atoms with Crippen LogP contribution in [0.2, 0.25) is 0 Å². The van der Waals surface area contributed by atoms with E-state index in [4.69, 9.17) is 4.74 Å². The Morgan fingerprint density at radius 3 is 2.67 bits per heavy atom. The minimum atomic E-state index is 0.132. The van der Waals surface area contributed by atoms with Crippen molar-refractivity contribution in [3.05, 3.63) is 51.5 Å². The van der Waals surface area contributed by atoms with Crippen LogP contribution in [0.25, 0.3) is 0 Å². The molecule has 6 heteroatoms. The minimum Gasteiger partial charge on any atom is -0.376 e. The van der Waals surface area contributed by atoms with Crippen molar-refractivity contribution < 1.29 is 9.53 Å². The summed E-state index contributed by atoms with van der Waals surface area (Å²) in [6, 6.07) is 8.67. The van der Waals surface area contributed by atoms with Gasteiger partial charge >= 0.3 is 0 Å². The second kappa shape index (κ2) is 10.0. The average Bonchev–Trinajstić information content (AvgIpc) is 3.42. The van der Waals surface area contributed by atoms with Crippen molar-refractivity contribution in [3.63, 3.8) is 0 Å². The molecule has 2 saturated heterocycles. The summed E-state index contributed by atoms with van der Waals surface area (Å²) in [5.74, 6) is 0.685. The van der Waals surface area contributed by atoms with Gasteiger partial charge in [-0.2, -0.15) is 0 Å². The number of nitrogens with zero attached hydrogens (tertiary/aromatic N) is 3. The molecule has 3 heterocycles. The van der Waals surface area contributed by atoms with Crippen LogP contribution in [0.3, 0.4) is 0 Å².